The Kier molecular flexibility index (Phi) is 4.28. The first-order valence-electron chi connectivity index (χ1n) is 7.29. The fourth-order valence-corrected chi connectivity index (χ4v) is 2.80. The van der Waals surface area contributed by atoms with Crippen LogP contribution < -0.4 is 4.74 Å². The molecule has 2 nitrogen and oxygen atoms in total. The summed E-state index contributed by atoms with van der Waals surface area (Å²) >= 11 is 0. The average Bonchev–Trinajstić information content (AvgIpc) is 2.39. The zero-order valence-corrected chi connectivity index (χ0v) is 12.2. The van der Waals surface area contributed by atoms with Gasteiger partial charge in [-0.3, -0.25) is 4.79 Å². The minimum Gasteiger partial charge on any atom is -0.494 e. The normalized spacial score (nSPS) is 19.1. The van der Waals surface area contributed by atoms with E-state index >= 15 is 0 Å². The van der Waals surface area contributed by atoms with Crippen molar-refractivity contribution in [1.29, 1.82) is 0 Å². The van der Waals surface area contributed by atoms with Crippen LogP contribution in [-0.2, 0) is 0 Å². The molecule has 0 aromatic heterocycles. The molecule has 1 aliphatic carbocycles. The fraction of sp³-hybridized carbons (Fsp3) is 0.588. The van der Waals surface area contributed by atoms with Gasteiger partial charge in [0.15, 0.2) is 5.78 Å². The van der Waals surface area contributed by atoms with E-state index in [0.717, 1.165) is 37.0 Å². The van der Waals surface area contributed by atoms with Crippen LogP contribution in [0.5, 0.6) is 5.75 Å². The molecule has 0 amide bonds. The zero-order valence-electron chi connectivity index (χ0n) is 12.2. The number of hydrogen-bond acceptors (Lipinski definition) is 2. The Bertz CT molecular complexity index is 438. The van der Waals surface area contributed by atoms with Gasteiger partial charge in [-0.05, 0) is 50.2 Å². The number of benzene rings is 1. The van der Waals surface area contributed by atoms with E-state index in [1.807, 2.05) is 31.2 Å². The summed E-state index contributed by atoms with van der Waals surface area (Å²) in [5.74, 6) is 1.28. The van der Waals surface area contributed by atoms with Crippen molar-refractivity contribution < 1.29 is 9.53 Å². The van der Waals surface area contributed by atoms with Gasteiger partial charge >= 0.3 is 0 Å². The highest BCUT2D eigenvalue weighted by Gasteiger charge is 2.30. The number of rotatable bonds is 4. The molecule has 1 saturated carbocycles. The Morgan fingerprint density at radius 2 is 2.00 bits per heavy atom. The third kappa shape index (κ3) is 3.59. The molecular formula is C17H24O2. The molecule has 19 heavy (non-hydrogen) atoms. The second-order valence-electron chi connectivity index (χ2n) is 6.26. The summed E-state index contributed by atoms with van der Waals surface area (Å²) in [4.78, 5) is 12.5. The third-order valence-electron chi connectivity index (χ3n) is 4.14. The first-order chi connectivity index (χ1) is 9.02. The summed E-state index contributed by atoms with van der Waals surface area (Å²) in [6.45, 7) is 7.18. The van der Waals surface area contributed by atoms with E-state index in [9.17, 15) is 4.79 Å². The lowest BCUT2D eigenvalue weighted by Crippen LogP contribution is -2.26. The maximum Gasteiger partial charge on any atom is 0.166 e. The lowest BCUT2D eigenvalue weighted by atomic mass is 9.71. The molecule has 0 radical (unpaired) electrons. The van der Waals surface area contributed by atoms with Crippen LogP contribution in [0.4, 0.5) is 0 Å². The predicted octanol–water partition coefficient (Wildman–Crippen LogP) is 4.48. The Balaban J connectivity index is 2.05. The molecule has 1 fully saturated rings. The summed E-state index contributed by atoms with van der Waals surface area (Å²) in [7, 11) is 0. The molecule has 1 aromatic rings. The van der Waals surface area contributed by atoms with Gasteiger partial charge in [0.2, 0.25) is 0 Å². The van der Waals surface area contributed by atoms with Gasteiger partial charge in [-0.15, -0.1) is 0 Å². The molecule has 2 rings (SSSR count). The van der Waals surface area contributed by atoms with Crippen LogP contribution in [0, 0.1) is 11.3 Å². The van der Waals surface area contributed by atoms with Crippen LogP contribution in [0.3, 0.4) is 0 Å². The van der Waals surface area contributed by atoms with E-state index < -0.39 is 0 Å². The quantitative estimate of drug-likeness (QED) is 0.746. The topological polar surface area (TPSA) is 26.3 Å². The highest BCUT2D eigenvalue weighted by molar-refractivity contribution is 5.98. The molecule has 1 aliphatic rings. The number of ketones is 1. The highest BCUT2D eigenvalue weighted by atomic mass is 16.5. The fourth-order valence-electron chi connectivity index (χ4n) is 2.80. The van der Waals surface area contributed by atoms with E-state index in [1.165, 1.54) is 0 Å². The first kappa shape index (κ1) is 14.1. The summed E-state index contributed by atoms with van der Waals surface area (Å²) in [6.07, 6.45) is 4.33. The molecule has 0 bridgehead atoms. The van der Waals surface area contributed by atoms with Gasteiger partial charge in [0, 0.05) is 11.5 Å². The smallest absolute Gasteiger partial charge is 0.166 e. The van der Waals surface area contributed by atoms with E-state index in [1.54, 1.807) is 0 Å². The van der Waals surface area contributed by atoms with E-state index in [-0.39, 0.29) is 11.7 Å². The van der Waals surface area contributed by atoms with Gasteiger partial charge in [0.05, 0.1) is 6.61 Å². The van der Waals surface area contributed by atoms with Gasteiger partial charge < -0.3 is 4.74 Å². The van der Waals surface area contributed by atoms with Crippen LogP contribution in [0.25, 0.3) is 0 Å². The first-order valence-corrected chi connectivity index (χ1v) is 7.29. The molecule has 0 heterocycles. The maximum atomic E-state index is 12.5. The van der Waals surface area contributed by atoms with Crippen LogP contribution in [0.15, 0.2) is 24.3 Å². The predicted molar refractivity (Wildman–Crippen MR) is 77.7 cm³/mol. The van der Waals surface area contributed by atoms with Crippen molar-refractivity contribution in [1.82, 2.24) is 0 Å². The van der Waals surface area contributed by atoms with Gasteiger partial charge in [-0.1, -0.05) is 26.0 Å². The molecule has 2 heteroatoms. The number of Topliss-reactive ketones (excluding diaryl/α,β-unsaturated/α-hetero) is 1. The van der Waals surface area contributed by atoms with Crippen molar-refractivity contribution >= 4 is 5.78 Å². The minimum absolute atomic E-state index is 0.199. The highest BCUT2D eigenvalue weighted by Crippen LogP contribution is 2.39. The van der Waals surface area contributed by atoms with Crippen molar-refractivity contribution in [3.8, 4) is 5.75 Å². The van der Waals surface area contributed by atoms with E-state index in [4.69, 9.17) is 4.74 Å². The molecule has 0 N–H and O–H groups in total. The number of hydrogen-bond donors (Lipinski definition) is 0. The third-order valence-corrected chi connectivity index (χ3v) is 4.14. The van der Waals surface area contributed by atoms with Crippen LogP contribution in [0.1, 0.15) is 56.8 Å². The summed E-state index contributed by atoms with van der Waals surface area (Å²) < 4.78 is 5.46. The summed E-state index contributed by atoms with van der Waals surface area (Å²) in [5.41, 5.74) is 1.21. The second kappa shape index (κ2) is 5.77. The number of carbonyl (C=O) groups excluding carboxylic acids is 1. The Morgan fingerprint density at radius 1 is 1.32 bits per heavy atom. The number of ether oxygens (including phenoxy) is 1. The van der Waals surface area contributed by atoms with Crippen molar-refractivity contribution in [2.75, 3.05) is 6.61 Å². The Morgan fingerprint density at radius 3 is 2.63 bits per heavy atom. The van der Waals surface area contributed by atoms with Gasteiger partial charge in [-0.25, -0.2) is 0 Å². The Hall–Kier alpha value is -1.31. The molecule has 0 saturated heterocycles. The molecule has 0 unspecified atom stereocenters. The molecular weight excluding hydrogens is 236 g/mol. The largest absolute Gasteiger partial charge is 0.494 e. The lowest BCUT2D eigenvalue weighted by Gasteiger charge is -2.33. The molecule has 104 valence electrons. The SMILES string of the molecule is CCOc1cccc(C(=O)C2CCC(C)(C)CC2)c1. The lowest BCUT2D eigenvalue weighted by molar-refractivity contribution is 0.0837. The van der Waals surface area contributed by atoms with Gasteiger partial charge in [0.1, 0.15) is 5.75 Å². The van der Waals surface area contributed by atoms with Gasteiger partial charge in [-0.2, -0.15) is 0 Å². The van der Waals surface area contributed by atoms with E-state index in [0.29, 0.717) is 12.0 Å². The Labute approximate surface area is 116 Å². The molecule has 0 atom stereocenters. The minimum atomic E-state index is 0.199. The summed E-state index contributed by atoms with van der Waals surface area (Å²) in [6, 6.07) is 7.60. The van der Waals surface area contributed by atoms with Crippen molar-refractivity contribution in [2.24, 2.45) is 11.3 Å². The zero-order chi connectivity index (χ0) is 13.9. The average molecular weight is 260 g/mol. The maximum absolute atomic E-state index is 12.5. The van der Waals surface area contributed by atoms with Crippen molar-refractivity contribution in [3.63, 3.8) is 0 Å². The van der Waals surface area contributed by atoms with Crippen LogP contribution in [-0.4, -0.2) is 12.4 Å². The molecule has 1 aromatic carbocycles. The van der Waals surface area contributed by atoms with E-state index in [2.05, 4.69) is 13.8 Å². The van der Waals surface area contributed by atoms with Crippen LogP contribution in [0.2, 0.25) is 0 Å². The standard InChI is InChI=1S/C17H24O2/c1-4-19-15-7-5-6-14(12-15)16(18)13-8-10-17(2,3)11-9-13/h5-7,12-13H,4,8-11H2,1-3H3. The van der Waals surface area contributed by atoms with Crippen LogP contribution >= 0.6 is 0 Å². The monoisotopic (exact) mass is 260 g/mol. The summed E-state index contributed by atoms with van der Waals surface area (Å²) in [5, 5.41) is 0. The molecule has 0 spiro atoms. The van der Waals surface area contributed by atoms with Crippen molar-refractivity contribution in [3.05, 3.63) is 29.8 Å². The number of carbonyl (C=O) groups is 1. The molecule has 0 aliphatic heterocycles. The van der Waals surface area contributed by atoms with Crippen molar-refractivity contribution in [2.45, 2.75) is 46.5 Å². The van der Waals surface area contributed by atoms with Gasteiger partial charge in [0.25, 0.3) is 0 Å². The second-order valence-corrected chi connectivity index (χ2v) is 6.26.